The van der Waals surface area contributed by atoms with Crippen molar-refractivity contribution < 1.29 is 0 Å². The van der Waals surface area contributed by atoms with E-state index in [9.17, 15) is 0 Å². The SMILES string of the molecule is CNCCCc1cn(Cc2sccc2Br)c2ccccc12. The van der Waals surface area contributed by atoms with Gasteiger partial charge < -0.3 is 9.88 Å². The summed E-state index contributed by atoms with van der Waals surface area (Å²) >= 11 is 5.44. The average Bonchev–Trinajstić information content (AvgIpc) is 3.05. The Morgan fingerprint density at radius 2 is 2.10 bits per heavy atom. The first-order chi connectivity index (χ1) is 10.3. The predicted octanol–water partition coefficient (Wildman–Crippen LogP) is 4.67. The molecule has 4 heteroatoms. The first-order valence-corrected chi connectivity index (χ1v) is 8.90. The molecule has 0 saturated heterocycles. The molecule has 0 aliphatic carbocycles. The zero-order valence-corrected chi connectivity index (χ0v) is 14.5. The molecular formula is C17H19BrN2S. The van der Waals surface area contributed by atoms with Gasteiger partial charge in [-0.15, -0.1) is 11.3 Å². The summed E-state index contributed by atoms with van der Waals surface area (Å²) in [4.78, 5) is 1.37. The zero-order valence-electron chi connectivity index (χ0n) is 12.1. The Kier molecular flexibility index (Phi) is 4.78. The molecule has 21 heavy (non-hydrogen) atoms. The summed E-state index contributed by atoms with van der Waals surface area (Å²) in [6.07, 6.45) is 4.62. The third-order valence-electron chi connectivity index (χ3n) is 3.75. The van der Waals surface area contributed by atoms with Crippen molar-refractivity contribution in [2.45, 2.75) is 19.4 Å². The van der Waals surface area contributed by atoms with Crippen molar-refractivity contribution in [3.8, 4) is 0 Å². The van der Waals surface area contributed by atoms with Crippen LogP contribution in [0.2, 0.25) is 0 Å². The molecule has 3 rings (SSSR count). The molecule has 2 heterocycles. The molecule has 3 aromatic rings. The maximum Gasteiger partial charge on any atom is 0.0580 e. The normalized spacial score (nSPS) is 11.3. The van der Waals surface area contributed by atoms with E-state index in [4.69, 9.17) is 0 Å². The highest BCUT2D eigenvalue weighted by Crippen LogP contribution is 2.28. The minimum absolute atomic E-state index is 0.935. The van der Waals surface area contributed by atoms with Gasteiger partial charge in [0.05, 0.1) is 6.54 Å². The van der Waals surface area contributed by atoms with Gasteiger partial charge in [0.15, 0.2) is 0 Å². The molecule has 2 aromatic heterocycles. The number of rotatable bonds is 6. The van der Waals surface area contributed by atoms with Gasteiger partial charge >= 0.3 is 0 Å². The predicted molar refractivity (Wildman–Crippen MR) is 95.3 cm³/mol. The third-order valence-corrected chi connectivity index (χ3v) is 5.66. The lowest BCUT2D eigenvalue weighted by molar-refractivity contribution is 0.723. The van der Waals surface area contributed by atoms with Crippen molar-refractivity contribution in [1.29, 1.82) is 0 Å². The lowest BCUT2D eigenvalue weighted by Crippen LogP contribution is -2.08. The third kappa shape index (κ3) is 3.23. The zero-order chi connectivity index (χ0) is 14.7. The summed E-state index contributed by atoms with van der Waals surface area (Å²) in [5.41, 5.74) is 2.78. The number of benzene rings is 1. The summed E-state index contributed by atoms with van der Waals surface area (Å²) < 4.78 is 3.59. The van der Waals surface area contributed by atoms with Crippen LogP contribution in [0.5, 0.6) is 0 Å². The number of hydrogen-bond donors (Lipinski definition) is 1. The maximum atomic E-state index is 3.63. The molecule has 0 fully saturated rings. The van der Waals surface area contributed by atoms with Crippen LogP contribution in [-0.2, 0) is 13.0 Å². The van der Waals surface area contributed by atoms with Gasteiger partial charge in [-0.3, -0.25) is 0 Å². The Hall–Kier alpha value is -1.10. The van der Waals surface area contributed by atoms with Gasteiger partial charge in [0, 0.05) is 26.4 Å². The number of hydrogen-bond acceptors (Lipinski definition) is 2. The monoisotopic (exact) mass is 362 g/mol. The van der Waals surface area contributed by atoms with E-state index in [1.807, 2.05) is 7.05 Å². The fourth-order valence-corrected chi connectivity index (χ4v) is 4.18. The fourth-order valence-electron chi connectivity index (χ4n) is 2.70. The molecule has 0 aliphatic heterocycles. The molecule has 0 bridgehead atoms. The molecule has 0 amide bonds. The van der Waals surface area contributed by atoms with Gasteiger partial charge in [0.25, 0.3) is 0 Å². The Morgan fingerprint density at radius 3 is 2.86 bits per heavy atom. The van der Waals surface area contributed by atoms with E-state index in [0.29, 0.717) is 0 Å². The lowest BCUT2D eigenvalue weighted by atomic mass is 10.1. The van der Waals surface area contributed by atoms with Gasteiger partial charge in [-0.25, -0.2) is 0 Å². The number of aromatic nitrogens is 1. The van der Waals surface area contributed by atoms with Crippen LogP contribution in [-0.4, -0.2) is 18.2 Å². The summed E-state index contributed by atoms with van der Waals surface area (Å²) in [5, 5.41) is 6.75. The van der Waals surface area contributed by atoms with Crippen molar-refractivity contribution in [2.24, 2.45) is 0 Å². The molecule has 1 N–H and O–H groups in total. The van der Waals surface area contributed by atoms with Crippen molar-refractivity contribution in [1.82, 2.24) is 9.88 Å². The Morgan fingerprint density at radius 1 is 1.24 bits per heavy atom. The van der Waals surface area contributed by atoms with Gasteiger partial charge in [-0.05, 0) is 65.4 Å². The van der Waals surface area contributed by atoms with Crippen LogP contribution in [0.3, 0.4) is 0 Å². The highest BCUT2D eigenvalue weighted by Gasteiger charge is 2.10. The number of aryl methyl sites for hydroxylation is 1. The van der Waals surface area contributed by atoms with Crippen LogP contribution < -0.4 is 5.32 Å². The van der Waals surface area contributed by atoms with Crippen molar-refractivity contribution >= 4 is 38.2 Å². The Balaban J connectivity index is 1.93. The number of para-hydroxylation sites is 1. The van der Waals surface area contributed by atoms with E-state index in [0.717, 1.165) is 19.5 Å². The van der Waals surface area contributed by atoms with Crippen molar-refractivity contribution in [3.05, 3.63) is 56.8 Å². The van der Waals surface area contributed by atoms with Crippen LogP contribution in [0.1, 0.15) is 16.9 Å². The minimum atomic E-state index is 0.935. The first-order valence-electron chi connectivity index (χ1n) is 7.23. The second-order valence-corrected chi connectivity index (χ2v) is 7.05. The summed E-state index contributed by atoms with van der Waals surface area (Å²) in [6.45, 7) is 2.00. The Bertz CT molecular complexity index is 729. The summed E-state index contributed by atoms with van der Waals surface area (Å²) in [7, 11) is 2.01. The molecule has 1 aromatic carbocycles. The number of fused-ring (bicyclic) bond motifs is 1. The van der Waals surface area contributed by atoms with E-state index in [1.165, 1.54) is 32.2 Å². The topological polar surface area (TPSA) is 17.0 Å². The molecule has 0 saturated carbocycles. The standard InChI is InChI=1S/C17H19BrN2S/c1-19-9-4-5-13-11-20(12-17-15(18)8-10-21-17)16-7-3-2-6-14(13)16/h2-3,6-8,10-11,19H,4-5,9,12H2,1H3. The molecule has 2 nitrogen and oxygen atoms in total. The van der Waals surface area contributed by atoms with E-state index in [-0.39, 0.29) is 0 Å². The fraction of sp³-hybridized carbons (Fsp3) is 0.294. The smallest absolute Gasteiger partial charge is 0.0580 e. The van der Waals surface area contributed by atoms with Crippen LogP contribution in [0.4, 0.5) is 0 Å². The highest BCUT2D eigenvalue weighted by atomic mass is 79.9. The molecule has 0 aliphatic rings. The molecule has 0 unspecified atom stereocenters. The second kappa shape index (κ2) is 6.77. The van der Waals surface area contributed by atoms with E-state index >= 15 is 0 Å². The average molecular weight is 363 g/mol. The first kappa shape index (κ1) is 14.8. The van der Waals surface area contributed by atoms with Gasteiger partial charge in [-0.1, -0.05) is 18.2 Å². The van der Waals surface area contributed by atoms with E-state index in [1.54, 1.807) is 11.3 Å². The molecule has 110 valence electrons. The number of nitrogens with one attached hydrogen (secondary N) is 1. The number of halogens is 1. The summed E-state index contributed by atoms with van der Waals surface area (Å²) in [5.74, 6) is 0. The second-order valence-electron chi connectivity index (χ2n) is 5.20. The van der Waals surface area contributed by atoms with Crippen molar-refractivity contribution in [2.75, 3.05) is 13.6 Å². The van der Waals surface area contributed by atoms with Gasteiger partial charge in [0.2, 0.25) is 0 Å². The van der Waals surface area contributed by atoms with E-state index < -0.39 is 0 Å². The van der Waals surface area contributed by atoms with Crippen LogP contribution in [0, 0.1) is 0 Å². The van der Waals surface area contributed by atoms with Crippen LogP contribution in [0.25, 0.3) is 10.9 Å². The molecule has 0 atom stereocenters. The molecule has 0 spiro atoms. The van der Waals surface area contributed by atoms with Crippen LogP contribution >= 0.6 is 27.3 Å². The quantitative estimate of drug-likeness (QED) is 0.630. The molecule has 0 radical (unpaired) electrons. The van der Waals surface area contributed by atoms with Crippen LogP contribution in [0.15, 0.2) is 46.4 Å². The van der Waals surface area contributed by atoms with E-state index in [2.05, 4.69) is 67.7 Å². The summed E-state index contributed by atoms with van der Waals surface area (Å²) in [6, 6.07) is 10.8. The maximum absolute atomic E-state index is 3.63. The highest BCUT2D eigenvalue weighted by molar-refractivity contribution is 9.10. The van der Waals surface area contributed by atoms with Gasteiger partial charge in [0.1, 0.15) is 0 Å². The number of nitrogens with zero attached hydrogens (tertiary/aromatic N) is 1. The van der Waals surface area contributed by atoms with Gasteiger partial charge in [-0.2, -0.15) is 0 Å². The number of thiophene rings is 1. The minimum Gasteiger partial charge on any atom is -0.342 e. The lowest BCUT2D eigenvalue weighted by Gasteiger charge is -2.03. The Labute approximate surface area is 137 Å². The van der Waals surface area contributed by atoms with Crippen molar-refractivity contribution in [3.63, 3.8) is 0 Å². The largest absolute Gasteiger partial charge is 0.342 e. The molecular weight excluding hydrogens is 344 g/mol.